The largest absolute Gasteiger partial charge is 0.330 e. The first-order valence-electron chi connectivity index (χ1n) is 8.44. The molecule has 0 amide bonds. The minimum atomic E-state index is 0.605. The average molecular weight is 272 g/mol. The summed E-state index contributed by atoms with van der Waals surface area (Å²) in [7, 11) is 0. The second kappa shape index (κ2) is 6.73. The summed E-state index contributed by atoms with van der Waals surface area (Å²) in [6.07, 6.45) is 10.4. The molecular formula is C18H28N2. The smallest absolute Gasteiger partial charge is 0.0348 e. The van der Waals surface area contributed by atoms with E-state index in [0.29, 0.717) is 6.04 Å². The maximum Gasteiger partial charge on any atom is 0.0348 e. The Balaban J connectivity index is 1.81. The van der Waals surface area contributed by atoms with Gasteiger partial charge in [0.25, 0.3) is 0 Å². The predicted molar refractivity (Wildman–Crippen MR) is 84.9 cm³/mol. The first-order valence-corrected chi connectivity index (χ1v) is 8.44. The molecule has 1 fully saturated rings. The van der Waals surface area contributed by atoms with Gasteiger partial charge in [0, 0.05) is 6.04 Å². The highest BCUT2D eigenvalue weighted by Gasteiger charge is 2.23. The molecule has 0 radical (unpaired) electrons. The molecule has 2 aliphatic rings. The molecule has 1 aliphatic carbocycles. The number of benzene rings is 1. The topological polar surface area (TPSA) is 29.3 Å². The molecule has 3 rings (SSSR count). The summed E-state index contributed by atoms with van der Waals surface area (Å²) < 4.78 is 0. The number of fused-ring (bicyclic) bond motifs is 1. The monoisotopic (exact) mass is 272 g/mol. The molecule has 0 aromatic heterocycles. The minimum absolute atomic E-state index is 0.605. The van der Waals surface area contributed by atoms with Crippen LogP contribution in [-0.4, -0.2) is 24.5 Å². The SMILES string of the molecule is NCCCC(c1ccc2c(c1)CCCC2)N1CCCC1. The van der Waals surface area contributed by atoms with Gasteiger partial charge < -0.3 is 5.73 Å². The van der Waals surface area contributed by atoms with E-state index in [0.717, 1.165) is 13.0 Å². The van der Waals surface area contributed by atoms with E-state index >= 15 is 0 Å². The van der Waals surface area contributed by atoms with Crippen LogP contribution in [0, 0.1) is 0 Å². The van der Waals surface area contributed by atoms with E-state index in [1.54, 1.807) is 16.7 Å². The molecule has 0 spiro atoms. The Morgan fingerprint density at radius 3 is 2.50 bits per heavy atom. The third kappa shape index (κ3) is 3.07. The van der Waals surface area contributed by atoms with Crippen molar-refractivity contribution in [1.82, 2.24) is 4.90 Å². The van der Waals surface area contributed by atoms with Crippen molar-refractivity contribution in [3.05, 3.63) is 34.9 Å². The molecule has 0 bridgehead atoms. The van der Waals surface area contributed by atoms with Gasteiger partial charge in [-0.3, -0.25) is 4.90 Å². The van der Waals surface area contributed by atoms with Gasteiger partial charge in [-0.1, -0.05) is 18.2 Å². The van der Waals surface area contributed by atoms with Gasteiger partial charge in [-0.05, 0) is 87.7 Å². The Labute approximate surface area is 123 Å². The zero-order chi connectivity index (χ0) is 13.8. The Bertz CT molecular complexity index is 435. The van der Waals surface area contributed by atoms with Crippen LogP contribution < -0.4 is 5.73 Å². The number of hydrogen-bond acceptors (Lipinski definition) is 2. The van der Waals surface area contributed by atoms with Crippen molar-refractivity contribution >= 4 is 0 Å². The van der Waals surface area contributed by atoms with E-state index in [2.05, 4.69) is 23.1 Å². The molecular weight excluding hydrogens is 244 g/mol. The number of hydrogen-bond donors (Lipinski definition) is 1. The lowest BCUT2D eigenvalue weighted by molar-refractivity contribution is 0.230. The van der Waals surface area contributed by atoms with Gasteiger partial charge in [0.1, 0.15) is 0 Å². The van der Waals surface area contributed by atoms with Crippen LogP contribution in [0.25, 0.3) is 0 Å². The Morgan fingerprint density at radius 2 is 1.75 bits per heavy atom. The highest BCUT2D eigenvalue weighted by atomic mass is 15.2. The number of nitrogens with zero attached hydrogens (tertiary/aromatic N) is 1. The third-order valence-electron chi connectivity index (χ3n) is 5.02. The fourth-order valence-electron chi connectivity index (χ4n) is 3.89. The maximum absolute atomic E-state index is 5.75. The zero-order valence-electron chi connectivity index (χ0n) is 12.6. The maximum atomic E-state index is 5.75. The van der Waals surface area contributed by atoms with Crippen molar-refractivity contribution in [3.8, 4) is 0 Å². The van der Waals surface area contributed by atoms with Crippen molar-refractivity contribution in [2.75, 3.05) is 19.6 Å². The van der Waals surface area contributed by atoms with E-state index in [1.165, 1.54) is 58.0 Å². The lowest BCUT2D eigenvalue weighted by Crippen LogP contribution is -2.26. The van der Waals surface area contributed by atoms with Gasteiger partial charge in [-0.2, -0.15) is 0 Å². The van der Waals surface area contributed by atoms with Gasteiger partial charge in [-0.15, -0.1) is 0 Å². The van der Waals surface area contributed by atoms with Crippen LogP contribution in [0.5, 0.6) is 0 Å². The van der Waals surface area contributed by atoms with Gasteiger partial charge in [0.05, 0.1) is 0 Å². The molecule has 1 aliphatic heterocycles. The number of nitrogens with two attached hydrogens (primary N) is 1. The molecule has 1 aromatic rings. The standard InChI is InChI=1S/C18H28N2/c19-11-5-8-18(20-12-3-4-13-20)17-10-9-15-6-1-2-7-16(15)14-17/h9-10,14,18H,1-8,11-13,19H2. The first kappa shape index (κ1) is 14.1. The number of rotatable bonds is 5. The minimum Gasteiger partial charge on any atom is -0.330 e. The summed E-state index contributed by atoms with van der Waals surface area (Å²) in [6, 6.07) is 7.90. The summed E-state index contributed by atoms with van der Waals surface area (Å²) in [5, 5.41) is 0. The Morgan fingerprint density at radius 1 is 1.00 bits per heavy atom. The van der Waals surface area contributed by atoms with Gasteiger partial charge >= 0.3 is 0 Å². The van der Waals surface area contributed by atoms with Crippen molar-refractivity contribution in [3.63, 3.8) is 0 Å². The number of likely N-dealkylation sites (tertiary alicyclic amines) is 1. The summed E-state index contributed by atoms with van der Waals surface area (Å²) in [4.78, 5) is 2.68. The van der Waals surface area contributed by atoms with E-state index in [1.807, 2.05) is 0 Å². The highest BCUT2D eigenvalue weighted by molar-refractivity contribution is 5.35. The van der Waals surface area contributed by atoms with E-state index in [-0.39, 0.29) is 0 Å². The van der Waals surface area contributed by atoms with Gasteiger partial charge in [0.15, 0.2) is 0 Å². The summed E-state index contributed by atoms with van der Waals surface area (Å²) in [5.74, 6) is 0. The molecule has 1 saturated heterocycles. The van der Waals surface area contributed by atoms with E-state index in [4.69, 9.17) is 5.73 Å². The van der Waals surface area contributed by atoms with Gasteiger partial charge in [-0.25, -0.2) is 0 Å². The molecule has 20 heavy (non-hydrogen) atoms. The summed E-state index contributed by atoms with van der Waals surface area (Å²) in [5.41, 5.74) is 10.5. The quantitative estimate of drug-likeness (QED) is 0.889. The summed E-state index contributed by atoms with van der Waals surface area (Å²) in [6.45, 7) is 3.36. The van der Waals surface area contributed by atoms with Crippen LogP contribution in [0.2, 0.25) is 0 Å². The Kier molecular flexibility index (Phi) is 4.74. The predicted octanol–water partition coefficient (Wildman–Crippen LogP) is 3.44. The molecule has 1 aromatic carbocycles. The first-order chi connectivity index (χ1) is 9.88. The van der Waals surface area contributed by atoms with Crippen LogP contribution >= 0.6 is 0 Å². The van der Waals surface area contributed by atoms with Crippen LogP contribution in [0.3, 0.4) is 0 Å². The fraction of sp³-hybridized carbons (Fsp3) is 0.667. The molecule has 1 unspecified atom stereocenters. The lowest BCUT2D eigenvalue weighted by Gasteiger charge is -2.29. The second-order valence-corrected chi connectivity index (χ2v) is 6.43. The third-order valence-corrected chi connectivity index (χ3v) is 5.02. The molecule has 2 heteroatoms. The van der Waals surface area contributed by atoms with Crippen molar-refractivity contribution in [2.24, 2.45) is 5.73 Å². The molecule has 0 saturated carbocycles. The Hall–Kier alpha value is -0.860. The van der Waals surface area contributed by atoms with Crippen molar-refractivity contribution < 1.29 is 0 Å². The lowest BCUT2D eigenvalue weighted by atomic mass is 9.88. The highest BCUT2D eigenvalue weighted by Crippen LogP contribution is 2.32. The molecule has 110 valence electrons. The van der Waals surface area contributed by atoms with Crippen molar-refractivity contribution in [1.29, 1.82) is 0 Å². The van der Waals surface area contributed by atoms with Crippen LogP contribution in [0.15, 0.2) is 18.2 Å². The molecule has 1 atom stereocenters. The van der Waals surface area contributed by atoms with Gasteiger partial charge in [0.2, 0.25) is 0 Å². The normalized spacial score (nSPS) is 20.9. The second-order valence-electron chi connectivity index (χ2n) is 6.43. The fourth-order valence-corrected chi connectivity index (χ4v) is 3.89. The van der Waals surface area contributed by atoms with Crippen molar-refractivity contribution in [2.45, 2.75) is 57.4 Å². The average Bonchev–Trinajstić information content (AvgIpc) is 3.02. The van der Waals surface area contributed by atoms with Crippen LogP contribution in [0.1, 0.15) is 61.3 Å². The van der Waals surface area contributed by atoms with Crippen LogP contribution in [0.4, 0.5) is 0 Å². The molecule has 2 nitrogen and oxygen atoms in total. The van der Waals surface area contributed by atoms with Crippen LogP contribution in [-0.2, 0) is 12.8 Å². The zero-order valence-corrected chi connectivity index (χ0v) is 12.6. The number of aryl methyl sites for hydroxylation is 2. The molecule has 2 N–H and O–H groups in total. The summed E-state index contributed by atoms with van der Waals surface area (Å²) >= 11 is 0. The molecule has 1 heterocycles. The van der Waals surface area contributed by atoms with E-state index < -0.39 is 0 Å². The van der Waals surface area contributed by atoms with E-state index in [9.17, 15) is 0 Å².